The molecule has 2 atom stereocenters. The number of H-pyrrole nitrogens is 1. The molecule has 0 amide bonds. The molecule has 2 heterocycles. The van der Waals surface area contributed by atoms with Crippen LogP contribution in [0.15, 0.2) is 12.4 Å². The second-order valence-electron chi connectivity index (χ2n) is 3.13. The average molecular weight is 167 g/mol. The van der Waals surface area contributed by atoms with E-state index in [4.69, 9.17) is 4.74 Å². The van der Waals surface area contributed by atoms with Gasteiger partial charge in [0.25, 0.3) is 0 Å². The largest absolute Gasteiger partial charge is 0.368 e. The van der Waals surface area contributed by atoms with Crippen LogP contribution in [0.2, 0.25) is 0 Å². The maximum Gasteiger partial charge on any atom is 0.0983 e. The van der Waals surface area contributed by atoms with Crippen molar-refractivity contribution in [3.63, 3.8) is 0 Å². The minimum absolute atomic E-state index is 0.160. The van der Waals surface area contributed by atoms with Crippen LogP contribution in [-0.2, 0) is 4.74 Å². The molecule has 0 unspecified atom stereocenters. The number of morpholine rings is 1. The van der Waals surface area contributed by atoms with Gasteiger partial charge in [-0.2, -0.15) is 5.10 Å². The highest BCUT2D eigenvalue weighted by Gasteiger charge is 2.20. The van der Waals surface area contributed by atoms with Crippen molar-refractivity contribution in [2.24, 2.45) is 0 Å². The normalized spacial score (nSPS) is 30.4. The zero-order chi connectivity index (χ0) is 8.39. The van der Waals surface area contributed by atoms with Gasteiger partial charge in [0.2, 0.25) is 0 Å². The summed E-state index contributed by atoms with van der Waals surface area (Å²) in [5, 5.41) is 9.98. The lowest BCUT2D eigenvalue weighted by Crippen LogP contribution is -2.38. The van der Waals surface area contributed by atoms with E-state index in [0.29, 0.717) is 6.10 Å². The summed E-state index contributed by atoms with van der Waals surface area (Å²) in [7, 11) is 0. The maximum atomic E-state index is 5.71. The van der Waals surface area contributed by atoms with Gasteiger partial charge in [-0.05, 0) is 6.92 Å². The molecule has 12 heavy (non-hydrogen) atoms. The van der Waals surface area contributed by atoms with Crippen molar-refractivity contribution in [2.75, 3.05) is 13.1 Å². The zero-order valence-electron chi connectivity index (χ0n) is 7.08. The van der Waals surface area contributed by atoms with Gasteiger partial charge in [-0.25, -0.2) is 0 Å². The molecule has 66 valence electrons. The first kappa shape index (κ1) is 7.76. The molecule has 2 rings (SSSR count). The molecule has 1 aromatic heterocycles. The van der Waals surface area contributed by atoms with Gasteiger partial charge >= 0.3 is 0 Å². The Labute approximate surface area is 71.3 Å². The predicted molar refractivity (Wildman–Crippen MR) is 44.7 cm³/mol. The maximum absolute atomic E-state index is 5.71. The van der Waals surface area contributed by atoms with Crippen LogP contribution < -0.4 is 5.32 Å². The molecule has 4 nitrogen and oxygen atoms in total. The quantitative estimate of drug-likeness (QED) is 0.638. The van der Waals surface area contributed by atoms with Gasteiger partial charge in [0.05, 0.1) is 18.4 Å². The Hall–Kier alpha value is -0.870. The molecule has 4 heteroatoms. The Bertz CT molecular complexity index is 234. The standard InChI is InChI=1S/C8H13N3O/c1-6-2-9-5-8(12-6)7-3-10-11-4-7/h3-4,6,8-9H,2,5H2,1H3,(H,10,11)/t6-,8-/m1/s1. The van der Waals surface area contributed by atoms with E-state index in [1.165, 1.54) is 0 Å². The van der Waals surface area contributed by atoms with Crippen LogP contribution in [-0.4, -0.2) is 29.4 Å². The summed E-state index contributed by atoms with van der Waals surface area (Å²) in [6.45, 7) is 3.89. The highest BCUT2D eigenvalue weighted by molar-refractivity contribution is 5.08. The van der Waals surface area contributed by atoms with Crippen LogP contribution in [0.1, 0.15) is 18.6 Å². The summed E-state index contributed by atoms with van der Waals surface area (Å²) < 4.78 is 5.71. The number of ether oxygens (including phenoxy) is 1. The summed E-state index contributed by atoms with van der Waals surface area (Å²) in [4.78, 5) is 0. The first-order valence-electron chi connectivity index (χ1n) is 4.21. The molecular weight excluding hydrogens is 154 g/mol. The third-order valence-electron chi connectivity index (χ3n) is 2.05. The lowest BCUT2D eigenvalue weighted by molar-refractivity contribution is -0.0287. The Kier molecular flexibility index (Phi) is 2.10. The van der Waals surface area contributed by atoms with Crippen LogP contribution in [0.5, 0.6) is 0 Å². The van der Waals surface area contributed by atoms with Gasteiger partial charge in [0, 0.05) is 24.8 Å². The number of nitrogens with one attached hydrogen (secondary N) is 2. The van der Waals surface area contributed by atoms with Crippen molar-refractivity contribution in [3.05, 3.63) is 18.0 Å². The molecular formula is C8H13N3O. The number of nitrogens with zero attached hydrogens (tertiary/aromatic N) is 1. The van der Waals surface area contributed by atoms with Crippen molar-refractivity contribution in [2.45, 2.75) is 19.1 Å². The predicted octanol–water partition coefficient (Wildman–Crippen LogP) is 0.459. The summed E-state index contributed by atoms with van der Waals surface area (Å²) in [5.74, 6) is 0. The van der Waals surface area contributed by atoms with Crippen LogP contribution in [0.3, 0.4) is 0 Å². The summed E-state index contributed by atoms with van der Waals surface area (Å²) in [6, 6.07) is 0. The van der Waals surface area contributed by atoms with E-state index in [-0.39, 0.29) is 6.10 Å². The second-order valence-corrected chi connectivity index (χ2v) is 3.13. The highest BCUT2D eigenvalue weighted by Crippen LogP contribution is 2.19. The molecule has 1 saturated heterocycles. The molecule has 0 saturated carbocycles. The number of hydrogen-bond donors (Lipinski definition) is 2. The van der Waals surface area contributed by atoms with Crippen LogP contribution in [0.25, 0.3) is 0 Å². The third-order valence-corrected chi connectivity index (χ3v) is 2.05. The fourth-order valence-corrected chi connectivity index (χ4v) is 1.43. The lowest BCUT2D eigenvalue weighted by atomic mass is 10.1. The van der Waals surface area contributed by atoms with E-state index in [0.717, 1.165) is 18.7 Å². The molecule has 1 aliphatic rings. The van der Waals surface area contributed by atoms with Gasteiger partial charge in [-0.15, -0.1) is 0 Å². The summed E-state index contributed by atoms with van der Waals surface area (Å²) >= 11 is 0. The minimum Gasteiger partial charge on any atom is -0.368 e. The van der Waals surface area contributed by atoms with Crippen molar-refractivity contribution in [3.8, 4) is 0 Å². The molecule has 0 aromatic carbocycles. The van der Waals surface area contributed by atoms with E-state index in [1.807, 2.05) is 12.4 Å². The monoisotopic (exact) mass is 167 g/mol. The Morgan fingerprint density at radius 1 is 1.58 bits per heavy atom. The third kappa shape index (κ3) is 1.49. The van der Waals surface area contributed by atoms with Crippen molar-refractivity contribution in [1.82, 2.24) is 15.5 Å². The second kappa shape index (κ2) is 3.25. The van der Waals surface area contributed by atoms with Crippen molar-refractivity contribution in [1.29, 1.82) is 0 Å². The van der Waals surface area contributed by atoms with E-state index in [9.17, 15) is 0 Å². The van der Waals surface area contributed by atoms with Crippen LogP contribution >= 0.6 is 0 Å². The van der Waals surface area contributed by atoms with Crippen LogP contribution in [0.4, 0.5) is 0 Å². The van der Waals surface area contributed by atoms with E-state index >= 15 is 0 Å². The highest BCUT2D eigenvalue weighted by atomic mass is 16.5. The van der Waals surface area contributed by atoms with E-state index in [1.54, 1.807) is 0 Å². The van der Waals surface area contributed by atoms with Gasteiger partial charge in [-0.1, -0.05) is 0 Å². The first-order valence-corrected chi connectivity index (χ1v) is 4.21. The van der Waals surface area contributed by atoms with E-state index in [2.05, 4.69) is 22.4 Å². The van der Waals surface area contributed by atoms with Crippen LogP contribution in [0, 0.1) is 0 Å². The lowest BCUT2D eigenvalue weighted by Gasteiger charge is -2.27. The average Bonchev–Trinajstić information content (AvgIpc) is 2.56. The van der Waals surface area contributed by atoms with Gasteiger partial charge in [0.15, 0.2) is 0 Å². The molecule has 0 spiro atoms. The van der Waals surface area contributed by atoms with Gasteiger partial charge in [-0.3, -0.25) is 5.10 Å². The van der Waals surface area contributed by atoms with Crippen molar-refractivity contribution < 1.29 is 4.74 Å². The number of hydrogen-bond acceptors (Lipinski definition) is 3. The van der Waals surface area contributed by atoms with E-state index < -0.39 is 0 Å². The molecule has 0 aliphatic carbocycles. The Morgan fingerprint density at radius 3 is 3.17 bits per heavy atom. The minimum atomic E-state index is 0.160. The number of aromatic nitrogens is 2. The molecule has 1 aliphatic heterocycles. The molecule has 1 fully saturated rings. The smallest absolute Gasteiger partial charge is 0.0983 e. The molecule has 0 radical (unpaired) electrons. The van der Waals surface area contributed by atoms with Gasteiger partial charge < -0.3 is 10.1 Å². The fourth-order valence-electron chi connectivity index (χ4n) is 1.43. The molecule has 0 bridgehead atoms. The summed E-state index contributed by atoms with van der Waals surface area (Å²) in [6.07, 6.45) is 4.14. The summed E-state index contributed by atoms with van der Waals surface area (Å²) in [5.41, 5.74) is 1.12. The topological polar surface area (TPSA) is 49.9 Å². The number of rotatable bonds is 1. The molecule has 2 N–H and O–H groups in total. The first-order chi connectivity index (χ1) is 5.86. The molecule has 1 aromatic rings. The SMILES string of the molecule is C[C@@H]1CNC[C@H](c2cn[nH]c2)O1. The zero-order valence-corrected chi connectivity index (χ0v) is 7.08. The van der Waals surface area contributed by atoms with Crippen molar-refractivity contribution >= 4 is 0 Å². The number of aromatic amines is 1. The fraction of sp³-hybridized carbons (Fsp3) is 0.625. The Balaban J connectivity index is 2.04. The Morgan fingerprint density at radius 2 is 2.50 bits per heavy atom. The van der Waals surface area contributed by atoms with Gasteiger partial charge in [0.1, 0.15) is 0 Å².